The summed E-state index contributed by atoms with van der Waals surface area (Å²) < 4.78 is 0. The van der Waals surface area contributed by atoms with Gasteiger partial charge in [-0.15, -0.1) is 0 Å². The molecule has 2 heteroatoms. The van der Waals surface area contributed by atoms with Crippen LogP contribution in [0.5, 0.6) is 0 Å². The maximum Gasteiger partial charge on any atom is 0.0463 e. The first-order valence-electron chi connectivity index (χ1n) is 31.0. The second-order valence-corrected chi connectivity index (χ2v) is 27.8. The monoisotopic (exact) mass is 1050 g/mol. The number of aryl methyl sites for hydroxylation is 2. The summed E-state index contributed by atoms with van der Waals surface area (Å²) in [7, 11) is 0. The largest absolute Gasteiger partial charge is 0.311 e. The molecule has 1 aliphatic rings. The van der Waals surface area contributed by atoms with E-state index in [-0.39, 0.29) is 27.1 Å². The lowest BCUT2D eigenvalue weighted by atomic mass is 9.70. The molecule has 7 aromatic carbocycles. The van der Waals surface area contributed by atoms with Gasteiger partial charge in [0.2, 0.25) is 0 Å². The van der Waals surface area contributed by atoms with E-state index in [2.05, 4.69) is 264 Å². The van der Waals surface area contributed by atoms with E-state index >= 15 is 0 Å². The van der Waals surface area contributed by atoms with Crippen LogP contribution in [0.2, 0.25) is 0 Å². The van der Waals surface area contributed by atoms with Crippen molar-refractivity contribution < 1.29 is 0 Å². The van der Waals surface area contributed by atoms with Gasteiger partial charge in [0.25, 0.3) is 0 Å². The van der Waals surface area contributed by atoms with Gasteiger partial charge in [0.1, 0.15) is 0 Å². The van der Waals surface area contributed by atoms with Gasteiger partial charge in [0, 0.05) is 39.5 Å². The van der Waals surface area contributed by atoms with Crippen LogP contribution < -0.4 is 9.80 Å². The normalized spacial score (nSPS) is 13.3. The highest BCUT2D eigenvalue weighted by atomic mass is 15.2. The lowest BCUT2D eigenvalue weighted by Gasteiger charge is -2.34. The van der Waals surface area contributed by atoms with Crippen molar-refractivity contribution in [2.45, 2.75) is 216 Å². The van der Waals surface area contributed by atoms with E-state index in [1.807, 2.05) is 0 Å². The number of anilines is 6. The zero-order valence-electron chi connectivity index (χ0n) is 51.7. The fraction of sp³-hybridized carbons (Fsp3) is 0.455. The molecule has 7 aromatic rings. The lowest BCUT2D eigenvalue weighted by Crippen LogP contribution is -2.25. The van der Waals surface area contributed by atoms with Gasteiger partial charge < -0.3 is 9.80 Å². The molecule has 0 spiro atoms. The summed E-state index contributed by atoms with van der Waals surface area (Å²) in [6.45, 7) is 32.8. The maximum atomic E-state index is 2.61. The van der Waals surface area contributed by atoms with Crippen LogP contribution >= 0.6 is 0 Å². The predicted molar refractivity (Wildman–Crippen MR) is 347 cm³/mol. The molecule has 418 valence electrons. The molecule has 79 heavy (non-hydrogen) atoms. The maximum absolute atomic E-state index is 2.61. The average molecular weight is 1050 g/mol. The summed E-state index contributed by atoms with van der Waals surface area (Å²) in [5.74, 6) is 0. The Morgan fingerprint density at radius 3 is 1.05 bits per heavy atom. The topological polar surface area (TPSA) is 6.48 Å². The molecular weight excluding hydrogens is 953 g/mol. The van der Waals surface area contributed by atoms with Crippen molar-refractivity contribution in [3.63, 3.8) is 0 Å². The second kappa shape index (κ2) is 25.3. The molecule has 0 bridgehead atoms. The molecule has 0 saturated carbocycles. The molecule has 0 unspecified atom stereocenters. The van der Waals surface area contributed by atoms with E-state index in [9.17, 15) is 0 Å². The summed E-state index contributed by atoms with van der Waals surface area (Å²) >= 11 is 0. The van der Waals surface area contributed by atoms with Crippen LogP contribution in [0.15, 0.2) is 158 Å². The van der Waals surface area contributed by atoms with Crippen molar-refractivity contribution in [2.75, 3.05) is 9.80 Å². The van der Waals surface area contributed by atoms with E-state index in [1.54, 1.807) is 11.1 Å². The van der Waals surface area contributed by atoms with Gasteiger partial charge in [-0.25, -0.2) is 0 Å². The van der Waals surface area contributed by atoms with Gasteiger partial charge in [-0.05, 0) is 185 Å². The number of fused-ring (bicyclic) bond motifs is 3. The van der Waals surface area contributed by atoms with Gasteiger partial charge in [0.05, 0.1) is 0 Å². The van der Waals surface area contributed by atoms with Gasteiger partial charge in [0.15, 0.2) is 0 Å². The van der Waals surface area contributed by atoms with Crippen LogP contribution in [0.1, 0.15) is 219 Å². The Balaban J connectivity index is 1.14. The van der Waals surface area contributed by atoms with Gasteiger partial charge in [-0.1, -0.05) is 250 Å². The van der Waals surface area contributed by atoms with Crippen LogP contribution in [0.4, 0.5) is 34.1 Å². The highest BCUT2D eigenvalue weighted by Crippen LogP contribution is 2.55. The quantitative estimate of drug-likeness (QED) is 0.0527. The minimum atomic E-state index is 0.0467. The molecule has 0 fully saturated rings. The first-order chi connectivity index (χ1) is 37.6. The second-order valence-electron chi connectivity index (χ2n) is 27.8. The molecule has 8 rings (SSSR count). The fourth-order valence-corrected chi connectivity index (χ4v) is 14.0. The van der Waals surface area contributed by atoms with Crippen molar-refractivity contribution >= 4 is 34.1 Å². The molecule has 0 aliphatic heterocycles. The third-order valence-electron chi connectivity index (χ3n) is 17.3. The fourth-order valence-electron chi connectivity index (χ4n) is 14.0. The molecule has 2 nitrogen and oxygen atoms in total. The molecule has 0 atom stereocenters. The van der Waals surface area contributed by atoms with Crippen LogP contribution in [0.3, 0.4) is 0 Å². The Morgan fingerprint density at radius 2 is 0.646 bits per heavy atom. The molecule has 0 heterocycles. The highest BCUT2D eigenvalue weighted by Gasteiger charge is 2.42. The number of benzene rings is 7. The smallest absolute Gasteiger partial charge is 0.0463 e. The third kappa shape index (κ3) is 14.6. The first-order valence-corrected chi connectivity index (χ1v) is 31.0. The number of nitrogens with zero attached hydrogens (tertiary/aromatic N) is 2. The standard InChI is InChI=1S/C77H100N2/c1-15-17-19-21-23-25-51-77(52-26-24-22-20-18-16-2)71-53-58(4)29-49-69(71)70-50-32-60(54-72(70)77)59-30-39-64(40-31-59)78(63-37-27-57(3)28-38-63)67-45-47-68(48-46-67)79(65-41-33-61(34-42-65)75(11,12)55-73(5,6)7)66-43-35-62(36-44-66)76(13,14)56-74(8,9)10/h27-50,53-54H,15-26,51-52,55-56H2,1-14H3. The zero-order chi connectivity index (χ0) is 56.6. The van der Waals surface area contributed by atoms with E-state index in [0.29, 0.717) is 0 Å². The Labute approximate surface area is 481 Å². The minimum Gasteiger partial charge on any atom is -0.311 e. The summed E-state index contributed by atoms with van der Waals surface area (Å²) in [6, 6.07) is 61.2. The minimum absolute atomic E-state index is 0.0467. The Bertz CT molecular complexity index is 2940. The number of hydrogen-bond acceptors (Lipinski definition) is 2. The number of unbranched alkanes of at least 4 members (excludes halogenated alkanes) is 10. The van der Waals surface area contributed by atoms with Crippen molar-refractivity contribution in [3.8, 4) is 22.3 Å². The summed E-state index contributed by atoms with van der Waals surface area (Å²) in [5, 5.41) is 0. The van der Waals surface area contributed by atoms with Crippen LogP contribution in [0.25, 0.3) is 22.3 Å². The average Bonchev–Trinajstić information content (AvgIpc) is 3.70. The summed E-state index contributed by atoms with van der Waals surface area (Å²) in [4.78, 5) is 4.85. The molecule has 0 radical (unpaired) electrons. The van der Waals surface area contributed by atoms with Gasteiger partial charge in [-0.2, -0.15) is 0 Å². The van der Waals surface area contributed by atoms with Gasteiger partial charge >= 0.3 is 0 Å². The number of rotatable bonds is 25. The Kier molecular flexibility index (Phi) is 19.0. The van der Waals surface area contributed by atoms with Crippen molar-refractivity contribution in [3.05, 3.63) is 191 Å². The molecule has 0 N–H and O–H groups in total. The van der Waals surface area contributed by atoms with Crippen LogP contribution in [-0.2, 0) is 16.2 Å². The van der Waals surface area contributed by atoms with Crippen molar-refractivity contribution in [1.82, 2.24) is 0 Å². The van der Waals surface area contributed by atoms with Crippen LogP contribution in [-0.4, -0.2) is 0 Å². The summed E-state index contributed by atoms with van der Waals surface area (Å²) in [5.41, 5.74) is 21.5. The first kappa shape index (κ1) is 59.3. The van der Waals surface area contributed by atoms with Crippen molar-refractivity contribution in [2.24, 2.45) is 10.8 Å². The van der Waals surface area contributed by atoms with E-state index < -0.39 is 0 Å². The third-order valence-corrected chi connectivity index (χ3v) is 17.3. The van der Waals surface area contributed by atoms with Gasteiger partial charge in [-0.3, -0.25) is 0 Å². The molecule has 0 saturated heterocycles. The number of hydrogen-bond donors (Lipinski definition) is 0. The molecular formula is C77H100N2. The predicted octanol–water partition coefficient (Wildman–Crippen LogP) is 24.1. The Morgan fingerprint density at radius 1 is 0.329 bits per heavy atom. The lowest BCUT2D eigenvalue weighted by molar-refractivity contribution is 0.283. The summed E-state index contributed by atoms with van der Waals surface area (Å²) in [6.07, 6.45) is 20.6. The zero-order valence-corrected chi connectivity index (χ0v) is 51.7. The highest BCUT2D eigenvalue weighted by molar-refractivity contribution is 5.86. The van der Waals surface area contributed by atoms with E-state index in [4.69, 9.17) is 0 Å². The van der Waals surface area contributed by atoms with E-state index in [1.165, 1.54) is 134 Å². The molecule has 0 aromatic heterocycles. The van der Waals surface area contributed by atoms with E-state index in [0.717, 1.165) is 47.0 Å². The Hall–Kier alpha value is -5.86. The van der Waals surface area contributed by atoms with Crippen LogP contribution in [0, 0.1) is 24.7 Å². The molecule has 1 aliphatic carbocycles. The SMILES string of the molecule is CCCCCCCCC1(CCCCCCCC)c2cc(C)ccc2-c2ccc(-c3ccc(N(c4ccc(C)cc4)c4ccc(N(c5ccc(C(C)(C)CC(C)(C)C)cc5)c5ccc(C(C)(C)CC(C)(C)C)cc5)cc4)cc3)cc21. The van der Waals surface area contributed by atoms with Crippen molar-refractivity contribution in [1.29, 1.82) is 0 Å². The molecule has 0 amide bonds.